The summed E-state index contributed by atoms with van der Waals surface area (Å²) in [6.45, 7) is 1.82. The quantitative estimate of drug-likeness (QED) is 0.277. The SMILES string of the molecule is COCCOC(=O)C1=C(C)N=c2sc(=Cc3ccc(OCC(=O)OC)cc3)c(=O)n2C1c1ccccc1OC. The number of rotatable bonds is 10. The Morgan fingerprint density at radius 1 is 1.05 bits per heavy atom. The van der Waals surface area contributed by atoms with Gasteiger partial charge in [-0.2, -0.15) is 0 Å². The van der Waals surface area contributed by atoms with Crippen LogP contribution in [0.4, 0.5) is 0 Å². The van der Waals surface area contributed by atoms with Crippen LogP contribution < -0.4 is 24.4 Å². The number of ether oxygens (including phenoxy) is 5. The van der Waals surface area contributed by atoms with Crippen molar-refractivity contribution in [3.8, 4) is 11.5 Å². The first-order valence-corrected chi connectivity index (χ1v) is 12.8. The molecule has 1 aliphatic rings. The third-order valence-electron chi connectivity index (χ3n) is 5.96. The molecule has 1 unspecified atom stereocenters. The predicted octanol–water partition coefficient (Wildman–Crippen LogP) is 1.99. The molecule has 10 nitrogen and oxygen atoms in total. The predicted molar refractivity (Wildman–Crippen MR) is 144 cm³/mol. The van der Waals surface area contributed by atoms with Gasteiger partial charge in [-0.1, -0.05) is 41.7 Å². The Morgan fingerprint density at radius 2 is 1.79 bits per heavy atom. The zero-order valence-electron chi connectivity index (χ0n) is 22.0. The molecule has 2 aromatic carbocycles. The third kappa shape index (κ3) is 6.10. The van der Waals surface area contributed by atoms with Crippen LogP contribution in [0.2, 0.25) is 0 Å². The minimum Gasteiger partial charge on any atom is -0.496 e. The fourth-order valence-electron chi connectivity index (χ4n) is 4.08. The zero-order valence-corrected chi connectivity index (χ0v) is 22.8. The lowest BCUT2D eigenvalue weighted by Gasteiger charge is -2.26. The lowest BCUT2D eigenvalue weighted by molar-refractivity contribution is -0.143. The Bertz CT molecular complexity index is 1570. The molecular formula is C28H28N2O8S. The monoisotopic (exact) mass is 552 g/mol. The van der Waals surface area contributed by atoms with Gasteiger partial charge in [0.15, 0.2) is 11.4 Å². The van der Waals surface area contributed by atoms with Gasteiger partial charge in [0.2, 0.25) is 0 Å². The van der Waals surface area contributed by atoms with Crippen LogP contribution in [0.1, 0.15) is 24.1 Å². The molecule has 39 heavy (non-hydrogen) atoms. The summed E-state index contributed by atoms with van der Waals surface area (Å²) in [4.78, 5) is 43.4. The van der Waals surface area contributed by atoms with E-state index in [0.717, 1.165) is 5.56 Å². The normalized spacial score (nSPS) is 14.9. The number of fused-ring (bicyclic) bond motifs is 1. The highest BCUT2D eigenvalue weighted by Crippen LogP contribution is 2.35. The van der Waals surface area contributed by atoms with E-state index in [1.54, 1.807) is 43.3 Å². The second kappa shape index (κ2) is 12.5. The molecule has 11 heteroatoms. The van der Waals surface area contributed by atoms with Crippen LogP contribution in [0.5, 0.6) is 11.5 Å². The average molecular weight is 553 g/mol. The summed E-state index contributed by atoms with van der Waals surface area (Å²) in [7, 11) is 4.34. The van der Waals surface area contributed by atoms with E-state index in [-0.39, 0.29) is 31.0 Å². The second-order valence-electron chi connectivity index (χ2n) is 8.39. The Labute approximate surface area is 228 Å². The number of benzene rings is 2. The maximum absolute atomic E-state index is 13.8. The summed E-state index contributed by atoms with van der Waals surface area (Å²) < 4.78 is 27.9. The number of carbonyl (C=O) groups excluding carboxylic acids is 2. The molecule has 0 bridgehead atoms. The molecule has 0 saturated heterocycles. The Balaban J connectivity index is 1.78. The van der Waals surface area contributed by atoms with Crippen molar-refractivity contribution in [2.45, 2.75) is 13.0 Å². The van der Waals surface area contributed by atoms with Crippen LogP contribution in [0.15, 0.2) is 69.6 Å². The molecule has 1 aromatic heterocycles. The summed E-state index contributed by atoms with van der Waals surface area (Å²) in [5.41, 5.74) is 1.77. The van der Waals surface area contributed by atoms with E-state index < -0.39 is 18.0 Å². The van der Waals surface area contributed by atoms with E-state index in [1.165, 1.54) is 37.2 Å². The Kier molecular flexibility index (Phi) is 8.95. The van der Waals surface area contributed by atoms with Crippen molar-refractivity contribution in [2.24, 2.45) is 4.99 Å². The van der Waals surface area contributed by atoms with Gasteiger partial charge in [-0.15, -0.1) is 0 Å². The van der Waals surface area contributed by atoms with Gasteiger partial charge in [0.1, 0.15) is 24.1 Å². The third-order valence-corrected chi connectivity index (χ3v) is 6.94. The first-order chi connectivity index (χ1) is 18.9. The molecule has 2 heterocycles. The molecule has 0 saturated carbocycles. The van der Waals surface area contributed by atoms with Crippen molar-refractivity contribution >= 4 is 29.4 Å². The highest BCUT2D eigenvalue weighted by atomic mass is 32.1. The van der Waals surface area contributed by atoms with E-state index >= 15 is 0 Å². The van der Waals surface area contributed by atoms with E-state index in [9.17, 15) is 14.4 Å². The summed E-state index contributed by atoms with van der Waals surface area (Å²) >= 11 is 1.22. The number of carbonyl (C=O) groups is 2. The van der Waals surface area contributed by atoms with Crippen LogP contribution >= 0.6 is 11.3 Å². The van der Waals surface area contributed by atoms with Gasteiger partial charge in [0, 0.05) is 12.7 Å². The minimum atomic E-state index is -0.802. The van der Waals surface area contributed by atoms with Gasteiger partial charge >= 0.3 is 11.9 Å². The van der Waals surface area contributed by atoms with Gasteiger partial charge in [-0.25, -0.2) is 14.6 Å². The smallest absolute Gasteiger partial charge is 0.343 e. The largest absolute Gasteiger partial charge is 0.496 e. The molecule has 204 valence electrons. The zero-order chi connectivity index (χ0) is 27.9. The van der Waals surface area contributed by atoms with Crippen LogP contribution in [0, 0.1) is 0 Å². The summed E-state index contributed by atoms with van der Waals surface area (Å²) in [5.74, 6) is -0.0537. The first kappa shape index (κ1) is 27.8. The van der Waals surface area contributed by atoms with Gasteiger partial charge in [-0.05, 0) is 36.8 Å². The van der Waals surface area contributed by atoms with E-state index in [2.05, 4.69) is 9.73 Å². The van der Waals surface area contributed by atoms with Gasteiger partial charge in [0.05, 0.1) is 36.6 Å². The van der Waals surface area contributed by atoms with Crippen molar-refractivity contribution in [1.29, 1.82) is 0 Å². The van der Waals surface area contributed by atoms with Crippen molar-refractivity contribution < 1.29 is 33.3 Å². The van der Waals surface area contributed by atoms with Gasteiger partial charge in [0.25, 0.3) is 5.56 Å². The van der Waals surface area contributed by atoms with E-state index in [4.69, 9.17) is 18.9 Å². The Morgan fingerprint density at radius 3 is 2.49 bits per heavy atom. The van der Waals surface area contributed by atoms with Crippen molar-refractivity contribution in [3.63, 3.8) is 0 Å². The average Bonchev–Trinajstić information content (AvgIpc) is 3.25. The number of nitrogens with zero attached hydrogens (tertiary/aromatic N) is 2. The number of thiazole rings is 1. The summed E-state index contributed by atoms with van der Waals surface area (Å²) in [6.07, 6.45) is 1.74. The summed E-state index contributed by atoms with van der Waals surface area (Å²) in [5, 5.41) is 0. The maximum atomic E-state index is 13.8. The lowest BCUT2D eigenvalue weighted by Crippen LogP contribution is -2.40. The van der Waals surface area contributed by atoms with Gasteiger partial charge in [-0.3, -0.25) is 9.36 Å². The highest BCUT2D eigenvalue weighted by Gasteiger charge is 2.35. The fraction of sp³-hybridized carbons (Fsp3) is 0.286. The lowest BCUT2D eigenvalue weighted by atomic mass is 9.95. The van der Waals surface area contributed by atoms with E-state index in [1.807, 2.05) is 18.2 Å². The van der Waals surface area contributed by atoms with Crippen molar-refractivity contribution in [1.82, 2.24) is 4.57 Å². The van der Waals surface area contributed by atoms with Crippen LogP contribution in [0.25, 0.3) is 6.08 Å². The number of hydrogen-bond donors (Lipinski definition) is 0. The fourth-order valence-corrected chi connectivity index (χ4v) is 5.12. The molecule has 0 fully saturated rings. The second-order valence-corrected chi connectivity index (χ2v) is 9.40. The molecule has 0 aliphatic carbocycles. The summed E-state index contributed by atoms with van der Waals surface area (Å²) in [6, 6.07) is 13.4. The van der Waals surface area contributed by atoms with Crippen molar-refractivity contribution in [2.75, 3.05) is 41.2 Å². The number of aromatic nitrogens is 1. The molecule has 0 radical (unpaired) electrons. The minimum absolute atomic E-state index is 0.0640. The molecule has 0 spiro atoms. The highest BCUT2D eigenvalue weighted by molar-refractivity contribution is 7.07. The number of para-hydroxylation sites is 1. The maximum Gasteiger partial charge on any atom is 0.343 e. The number of hydrogen-bond acceptors (Lipinski definition) is 10. The topological polar surface area (TPSA) is 115 Å². The molecule has 3 aromatic rings. The number of allylic oxidation sites excluding steroid dienone is 1. The van der Waals surface area contributed by atoms with Crippen LogP contribution in [0.3, 0.4) is 0 Å². The molecule has 1 aliphatic heterocycles. The molecule has 0 amide bonds. The van der Waals surface area contributed by atoms with Crippen LogP contribution in [-0.2, 0) is 23.8 Å². The molecule has 4 rings (SSSR count). The standard InChI is InChI=1S/C28H28N2O8S/c1-17-24(27(33)37-14-13-34-2)25(20-7-5-6-8-21(20)35-3)30-26(32)22(39-28(30)29-17)15-18-9-11-19(12-10-18)38-16-23(31)36-4/h5-12,15,25H,13-14,16H2,1-4H3. The van der Waals surface area contributed by atoms with Crippen LogP contribution in [-0.4, -0.2) is 57.7 Å². The van der Waals surface area contributed by atoms with Crippen molar-refractivity contribution in [3.05, 3.63) is 90.6 Å². The molecule has 0 N–H and O–H groups in total. The molecular weight excluding hydrogens is 524 g/mol. The van der Waals surface area contributed by atoms with Gasteiger partial charge < -0.3 is 23.7 Å². The molecule has 1 atom stereocenters. The Hall–Kier alpha value is -4.22. The number of methoxy groups -OCH3 is 3. The number of esters is 2. The van der Waals surface area contributed by atoms with E-state index in [0.29, 0.717) is 32.1 Å². The first-order valence-electron chi connectivity index (χ1n) is 12.0.